The summed E-state index contributed by atoms with van der Waals surface area (Å²) in [6, 6.07) is 9.78. The van der Waals surface area contributed by atoms with Crippen LogP contribution < -0.4 is 0 Å². The zero-order valence-corrected chi connectivity index (χ0v) is 8.51. The number of rotatable bonds is 5. The van der Waals surface area contributed by atoms with Crippen LogP contribution in [0.5, 0.6) is 0 Å². The molecule has 0 bridgehead atoms. The maximum Gasteiger partial charge on any atom is 0.183 e. The number of aliphatic hydroxyl groups is 1. The van der Waals surface area contributed by atoms with Crippen LogP contribution in [0, 0.1) is 0 Å². The van der Waals surface area contributed by atoms with Crippen LogP contribution in [0.25, 0.3) is 0 Å². The van der Waals surface area contributed by atoms with E-state index in [0.717, 1.165) is 5.56 Å². The molecule has 2 unspecified atom stereocenters. The van der Waals surface area contributed by atoms with Crippen molar-refractivity contribution in [3.05, 3.63) is 35.9 Å². The maximum absolute atomic E-state index is 9.24. The zero-order chi connectivity index (χ0) is 10.4. The van der Waals surface area contributed by atoms with Crippen molar-refractivity contribution in [1.29, 1.82) is 0 Å². The van der Waals surface area contributed by atoms with Crippen molar-refractivity contribution in [2.75, 3.05) is 7.11 Å². The van der Waals surface area contributed by atoms with Crippen LogP contribution in [-0.2, 0) is 16.1 Å². The smallest absolute Gasteiger partial charge is 0.183 e. The van der Waals surface area contributed by atoms with Gasteiger partial charge >= 0.3 is 0 Å². The first-order valence-corrected chi connectivity index (χ1v) is 4.60. The number of benzene rings is 1. The predicted molar refractivity (Wildman–Crippen MR) is 53.7 cm³/mol. The third-order valence-electron chi connectivity index (χ3n) is 1.88. The third kappa shape index (κ3) is 3.46. The molecule has 1 N–H and O–H groups in total. The van der Waals surface area contributed by atoms with E-state index in [0.29, 0.717) is 6.61 Å². The van der Waals surface area contributed by atoms with Crippen molar-refractivity contribution in [3.63, 3.8) is 0 Å². The number of hydrogen-bond acceptors (Lipinski definition) is 3. The molecule has 0 radical (unpaired) electrons. The minimum atomic E-state index is -0.622. The molecule has 0 saturated heterocycles. The minimum Gasteiger partial charge on any atom is -0.388 e. The molecule has 78 valence electrons. The molecule has 1 rings (SSSR count). The van der Waals surface area contributed by atoms with Crippen LogP contribution in [0.1, 0.15) is 12.5 Å². The lowest BCUT2D eigenvalue weighted by Gasteiger charge is -2.18. The van der Waals surface area contributed by atoms with E-state index in [1.807, 2.05) is 30.3 Å². The van der Waals surface area contributed by atoms with Gasteiger partial charge in [-0.2, -0.15) is 0 Å². The van der Waals surface area contributed by atoms with Gasteiger partial charge < -0.3 is 14.6 Å². The molecule has 0 fully saturated rings. The van der Waals surface area contributed by atoms with E-state index < -0.39 is 12.4 Å². The molecule has 0 aromatic heterocycles. The molecule has 1 aromatic rings. The van der Waals surface area contributed by atoms with E-state index in [1.165, 1.54) is 7.11 Å². The monoisotopic (exact) mass is 196 g/mol. The summed E-state index contributed by atoms with van der Waals surface area (Å²) in [4.78, 5) is 0. The van der Waals surface area contributed by atoms with Crippen LogP contribution in [0.15, 0.2) is 30.3 Å². The van der Waals surface area contributed by atoms with Crippen molar-refractivity contribution >= 4 is 0 Å². The largest absolute Gasteiger partial charge is 0.388 e. The lowest BCUT2D eigenvalue weighted by atomic mass is 10.2. The van der Waals surface area contributed by atoms with Crippen molar-refractivity contribution in [3.8, 4) is 0 Å². The summed E-state index contributed by atoms with van der Waals surface area (Å²) in [5, 5.41) is 9.24. The van der Waals surface area contributed by atoms with E-state index in [2.05, 4.69) is 0 Å². The number of methoxy groups -OCH3 is 1. The summed E-state index contributed by atoms with van der Waals surface area (Å²) in [5.41, 5.74) is 1.07. The van der Waals surface area contributed by atoms with Gasteiger partial charge in [-0.15, -0.1) is 0 Å². The van der Waals surface area contributed by atoms with Crippen molar-refractivity contribution < 1.29 is 14.6 Å². The lowest BCUT2D eigenvalue weighted by Crippen LogP contribution is -2.27. The lowest BCUT2D eigenvalue weighted by molar-refractivity contribution is -0.181. The average molecular weight is 196 g/mol. The summed E-state index contributed by atoms with van der Waals surface area (Å²) in [6.07, 6.45) is -1.18. The van der Waals surface area contributed by atoms with Gasteiger partial charge in [0.05, 0.1) is 6.61 Å². The Bertz CT molecular complexity index is 246. The fourth-order valence-electron chi connectivity index (χ4n) is 1.16. The molecule has 0 saturated carbocycles. The van der Waals surface area contributed by atoms with Gasteiger partial charge in [-0.3, -0.25) is 0 Å². The highest BCUT2D eigenvalue weighted by Crippen LogP contribution is 2.06. The predicted octanol–water partition coefficient (Wildman–Crippen LogP) is 1.56. The van der Waals surface area contributed by atoms with Crippen LogP contribution in [0.2, 0.25) is 0 Å². The second kappa shape index (κ2) is 5.75. The molecule has 0 spiro atoms. The highest BCUT2D eigenvalue weighted by atomic mass is 16.7. The van der Waals surface area contributed by atoms with Crippen molar-refractivity contribution in [1.82, 2.24) is 0 Å². The topological polar surface area (TPSA) is 38.7 Å². The average Bonchev–Trinajstić information content (AvgIpc) is 2.20. The van der Waals surface area contributed by atoms with Gasteiger partial charge in [0.25, 0.3) is 0 Å². The Morgan fingerprint density at radius 3 is 2.43 bits per heavy atom. The molecule has 2 atom stereocenters. The summed E-state index contributed by atoms with van der Waals surface area (Å²) >= 11 is 0. The van der Waals surface area contributed by atoms with Gasteiger partial charge in [0, 0.05) is 7.11 Å². The van der Waals surface area contributed by atoms with Gasteiger partial charge in [-0.1, -0.05) is 30.3 Å². The number of ether oxygens (including phenoxy) is 2. The highest BCUT2D eigenvalue weighted by Gasteiger charge is 2.13. The molecule has 0 amide bonds. The molecule has 0 aliphatic rings. The Morgan fingerprint density at radius 2 is 1.93 bits per heavy atom. The minimum absolute atomic E-state index is 0.449. The first kappa shape index (κ1) is 11.2. The van der Waals surface area contributed by atoms with Gasteiger partial charge in [0.1, 0.15) is 6.10 Å². The Labute approximate surface area is 84.3 Å². The summed E-state index contributed by atoms with van der Waals surface area (Å²) < 4.78 is 10.3. The molecule has 0 aliphatic heterocycles. The molecule has 14 heavy (non-hydrogen) atoms. The fourth-order valence-corrected chi connectivity index (χ4v) is 1.16. The number of aliphatic hydroxyl groups excluding tert-OH is 1. The van der Waals surface area contributed by atoms with Crippen LogP contribution in [0.4, 0.5) is 0 Å². The molecule has 3 nitrogen and oxygen atoms in total. The molecule has 1 aromatic carbocycles. The SMILES string of the molecule is COC(OCc1ccccc1)C(C)O. The third-order valence-corrected chi connectivity index (χ3v) is 1.88. The normalized spacial score (nSPS) is 15.1. The second-order valence-electron chi connectivity index (χ2n) is 3.14. The van der Waals surface area contributed by atoms with Crippen LogP contribution >= 0.6 is 0 Å². The standard InChI is InChI=1S/C11H16O3/c1-9(12)11(13-2)14-8-10-6-4-3-5-7-10/h3-7,9,11-12H,8H2,1-2H3. The second-order valence-corrected chi connectivity index (χ2v) is 3.14. The van der Waals surface area contributed by atoms with Crippen molar-refractivity contribution in [2.24, 2.45) is 0 Å². The van der Waals surface area contributed by atoms with E-state index in [1.54, 1.807) is 6.92 Å². The van der Waals surface area contributed by atoms with E-state index in [4.69, 9.17) is 9.47 Å². The fraction of sp³-hybridized carbons (Fsp3) is 0.455. The maximum atomic E-state index is 9.24. The first-order valence-electron chi connectivity index (χ1n) is 4.60. The van der Waals surface area contributed by atoms with Crippen LogP contribution in [-0.4, -0.2) is 24.6 Å². The molecular formula is C11H16O3. The van der Waals surface area contributed by atoms with E-state index in [-0.39, 0.29) is 0 Å². The van der Waals surface area contributed by atoms with Crippen molar-refractivity contribution in [2.45, 2.75) is 25.9 Å². The summed E-state index contributed by atoms with van der Waals surface area (Å²) in [6.45, 7) is 2.09. The summed E-state index contributed by atoms with van der Waals surface area (Å²) in [7, 11) is 1.52. The van der Waals surface area contributed by atoms with Gasteiger partial charge in [0.15, 0.2) is 6.29 Å². The van der Waals surface area contributed by atoms with Crippen LogP contribution in [0.3, 0.4) is 0 Å². The molecule has 0 heterocycles. The summed E-state index contributed by atoms with van der Waals surface area (Å²) in [5.74, 6) is 0. The highest BCUT2D eigenvalue weighted by molar-refractivity contribution is 5.13. The van der Waals surface area contributed by atoms with Gasteiger partial charge in [0.2, 0.25) is 0 Å². The Hall–Kier alpha value is -0.900. The zero-order valence-electron chi connectivity index (χ0n) is 8.51. The van der Waals surface area contributed by atoms with E-state index in [9.17, 15) is 5.11 Å². The Balaban J connectivity index is 2.40. The number of hydrogen-bond donors (Lipinski definition) is 1. The first-order chi connectivity index (χ1) is 6.74. The Kier molecular flexibility index (Phi) is 4.59. The molecule has 0 aliphatic carbocycles. The van der Waals surface area contributed by atoms with Gasteiger partial charge in [-0.25, -0.2) is 0 Å². The Morgan fingerprint density at radius 1 is 1.29 bits per heavy atom. The molecular weight excluding hydrogens is 180 g/mol. The van der Waals surface area contributed by atoms with Gasteiger partial charge in [-0.05, 0) is 12.5 Å². The quantitative estimate of drug-likeness (QED) is 0.726. The molecule has 3 heteroatoms. The van der Waals surface area contributed by atoms with E-state index >= 15 is 0 Å².